The number of nitrogens with one attached hydrogen (secondary N) is 1. The van der Waals surface area contributed by atoms with Crippen molar-refractivity contribution in [2.75, 3.05) is 25.1 Å². The van der Waals surface area contributed by atoms with Gasteiger partial charge >= 0.3 is 0 Å². The lowest BCUT2D eigenvalue weighted by Gasteiger charge is -2.00. The van der Waals surface area contributed by atoms with E-state index < -0.39 is 10.8 Å². The molecule has 6 nitrogen and oxygen atoms in total. The van der Waals surface area contributed by atoms with E-state index >= 15 is 0 Å². The third-order valence-corrected chi connectivity index (χ3v) is 2.71. The number of amides is 1. The van der Waals surface area contributed by atoms with Gasteiger partial charge in [0.2, 0.25) is 0 Å². The topological polar surface area (TPSA) is 90.0 Å². The SMILES string of the molecule is CS(=O)CCNC(=O)c1cn(CCN)cn1. The summed E-state index contributed by atoms with van der Waals surface area (Å²) in [7, 11) is -0.893. The highest BCUT2D eigenvalue weighted by Gasteiger charge is 2.08. The van der Waals surface area contributed by atoms with Crippen molar-refractivity contribution >= 4 is 16.7 Å². The molecule has 0 spiro atoms. The van der Waals surface area contributed by atoms with Crippen molar-refractivity contribution in [3.8, 4) is 0 Å². The van der Waals surface area contributed by atoms with E-state index in [1.165, 1.54) is 0 Å². The predicted molar refractivity (Wildman–Crippen MR) is 62.5 cm³/mol. The maximum absolute atomic E-state index is 11.5. The molecule has 0 aromatic carbocycles. The fourth-order valence-electron chi connectivity index (χ4n) is 1.15. The van der Waals surface area contributed by atoms with Gasteiger partial charge in [0.25, 0.3) is 5.91 Å². The van der Waals surface area contributed by atoms with Crippen LogP contribution in [-0.2, 0) is 17.3 Å². The van der Waals surface area contributed by atoms with Crippen molar-refractivity contribution < 1.29 is 9.00 Å². The quantitative estimate of drug-likeness (QED) is 0.668. The Hall–Kier alpha value is -1.21. The molecule has 1 rings (SSSR count). The molecule has 16 heavy (non-hydrogen) atoms. The zero-order valence-corrected chi connectivity index (χ0v) is 10.00. The van der Waals surface area contributed by atoms with Gasteiger partial charge in [0.05, 0.1) is 6.33 Å². The number of hydrogen-bond acceptors (Lipinski definition) is 4. The maximum Gasteiger partial charge on any atom is 0.271 e. The molecule has 0 fully saturated rings. The van der Waals surface area contributed by atoms with Gasteiger partial charge in [-0.05, 0) is 0 Å². The number of nitrogens with zero attached hydrogens (tertiary/aromatic N) is 2. The van der Waals surface area contributed by atoms with Gasteiger partial charge in [-0.3, -0.25) is 9.00 Å². The van der Waals surface area contributed by atoms with Crippen molar-refractivity contribution in [3.05, 3.63) is 18.2 Å². The number of rotatable bonds is 6. The Bertz CT molecular complexity index is 377. The van der Waals surface area contributed by atoms with Gasteiger partial charge in [0.15, 0.2) is 0 Å². The largest absolute Gasteiger partial charge is 0.350 e. The molecule has 0 aliphatic rings. The van der Waals surface area contributed by atoms with Gasteiger partial charge in [-0.15, -0.1) is 0 Å². The molecule has 0 bridgehead atoms. The van der Waals surface area contributed by atoms with Crippen LogP contribution >= 0.6 is 0 Å². The first-order valence-corrected chi connectivity index (χ1v) is 6.66. The van der Waals surface area contributed by atoms with Crippen LogP contribution in [-0.4, -0.2) is 44.8 Å². The first-order chi connectivity index (χ1) is 7.63. The smallest absolute Gasteiger partial charge is 0.271 e. The highest BCUT2D eigenvalue weighted by molar-refractivity contribution is 7.84. The van der Waals surface area contributed by atoms with Crippen LogP contribution in [0.25, 0.3) is 0 Å². The molecule has 0 radical (unpaired) electrons. The molecule has 1 aromatic rings. The summed E-state index contributed by atoms with van der Waals surface area (Å²) in [5.74, 6) is 0.205. The van der Waals surface area contributed by atoms with E-state index in [2.05, 4.69) is 10.3 Å². The Morgan fingerprint density at radius 2 is 2.44 bits per heavy atom. The van der Waals surface area contributed by atoms with Gasteiger partial charge in [-0.25, -0.2) is 4.98 Å². The van der Waals surface area contributed by atoms with E-state index in [9.17, 15) is 9.00 Å². The Labute approximate surface area is 96.7 Å². The summed E-state index contributed by atoms with van der Waals surface area (Å²) >= 11 is 0. The van der Waals surface area contributed by atoms with E-state index in [0.29, 0.717) is 31.1 Å². The molecule has 3 N–H and O–H groups in total. The number of imidazole rings is 1. The molecule has 0 saturated carbocycles. The van der Waals surface area contributed by atoms with Gasteiger partial charge in [0.1, 0.15) is 5.69 Å². The van der Waals surface area contributed by atoms with E-state index in [4.69, 9.17) is 5.73 Å². The Morgan fingerprint density at radius 1 is 1.69 bits per heavy atom. The van der Waals surface area contributed by atoms with Crippen molar-refractivity contribution in [1.29, 1.82) is 0 Å². The lowest BCUT2D eigenvalue weighted by Crippen LogP contribution is -2.27. The maximum atomic E-state index is 11.5. The molecule has 0 aliphatic carbocycles. The molecule has 1 amide bonds. The van der Waals surface area contributed by atoms with Crippen LogP contribution in [0.5, 0.6) is 0 Å². The van der Waals surface area contributed by atoms with Crippen LogP contribution in [0.4, 0.5) is 0 Å². The average molecular weight is 244 g/mol. The highest BCUT2D eigenvalue weighted by Crippen LogP contribution is 1.95. The third-order valence-electron chi connectivity index (χ3n) is 1.93. The summed E-state index contributed by atoms with van der Waals surface area (Å²) in [5.41, 5.74) is 5.73. The molecule has 1 unspecified atom stereocenters. The van der Waals surface area contributed by atoms with Crippen LogP contribution < -0.4 is 11.1 Å². The number of carbonyl (C=O) groups excluding carboxylic acids is 1. The highest BCUT2D eigenvalue weighted by atomic mass is 32.2. The summed E-state index contributed by atoms with van der Waals surface area (Å²) in [4.78, 5) is 15.5. The zero-order valence-electron chi connectivity index (χ0n) is 9.18. The van der Waals surface area contributed by atoms with E-state index in [-0.39, 0.29) is 5.91 Å². The monoisotopic (exact) mass is 244 g/mol. The molecule has 7 heteroatoms. The summed E-state index contributed by atoms with van der Waals surface area (Å²) in [6.45, 7) is 1.54. The lowest BCUT2D eigenvalue weighted by molar-refractivity contribution is 0.0951. The normalized spacial score (nSPS) is 12.4. The molecule has 90 valence electrons. The lowest BCUT2D eigenvalue weighted by atomic mass is 10.4. The summed E-state index contributed by atoms with van der Waals surface area (Å²) < 4.78 is 12.5. The van der Waals surface area contributed by atoms with Gasteiger partial charge < -0.3 is 15.6 Å². The van der Waals surface area contributed by atoms with Gasteiger partial charge in [-0.1, -0.05) is 0 Å². The van der Waals surface area contributed by atoms with Crippen LogP contribution in [0.15, 0.2) is 12.5 Å². The van der Waals surface area contributed by atoms with E-state index in [1.54, 1.807) is 23.3 Å². The number of nitrogens with two attached hydrogens (primary N) is 1. The Kier molecular flexibility index (Phi) is 5.13. The fraction of sp³-hybridized carbons (Fsp3) is 0.556. The summed E-state index contributed by atoms with van der Waals surface area (Å²) in [6, 6.07) is 0. The molecule has 0 aliphatic heterocycles. The van der Waals surface area contributed by atoms with Crippen LogP contribution in [0.3, 0.4) is 0 Å². The summed E-state index contributed by atoms with van der Waals surface area (Å²) in [5, 5.41) is 2.65. The zero-order chi connectivity index (χ0) is 12.0. The number of hydrogen-bond donors (Lipinski definition) is 2. The number of carbonyl (C=O) groups is 1. The molecular weight excluding hydrogens is 228 g/mol. The molecule has 1 atom stereocenters. The van der Waals surface area contributed by atoms with Crippen LogP contribution in [0.1, 0.15) is 10.5 Å². The van der Waals surface area contributed by atoms with Gasteiger partial charge in [-0.2, -0.15) is 0 Å². The standard InChI is InChI=1S/C9H16N4O2S/c1-16(15)5-3-11-9(14)8-6-13(4-2-10)7-12-8/h6-7H,2-5,10H2,1H3,(H,11,14). The first kappa shape index (κ1) is 12.9. The fourth-order valence-corrected chi connectivity index (χ4v) is 1.54. The molecule has 1 aromatic heterocycles. The van der Waals surface area contributed by atoms with Crippen molar-refractivity contribution in [2.45, 2.75) is 6.54 Å². The predicted octanol–water partition coefficient (Wildman–Crippen LogP) is -1.05. The van der Waals surface area contributed by atoms with Crippen molar-refractivity contribution in [3.63, 3.8) is 0 Å². The Morgan fingerprint density at radius 3 is 3.06 bits per heavy atom. The van der Waals surface area contributed by atoms with Crippen molar-refractivity contribution in [1.82, 2.24) is 14.9 Å². The average Bonchev–Trinajstić information content (AvgIpc) is 2.66. The van der Waals surface area contributed by atoms with Gasteiger partial charge in [0, 0.05) is 48.6 Å². The van der Waals surface area contributed by atoms with Crippen molar-refractivity contribution in [2.24, 2.45) is 5.73 Å². The minimum Gasteiger partial charge on any atom is -0.350 e. The second kappa shape index (κ2) is 6.39. The van der Waals surface area contributed by atoms with Crippen LogP contribution in [0, 0.1) is 0 Å². The molecule has 1 heterocycles. The first-order valence-electron chi connectivity index (χ1n) is 4.93. The summed E-state index contributed by atoms with van der Waals surface area (Å²) in [6.07, 6.45) is 4.81. The Balaban J connectivity index is 2.43. The number of aromatic nitrogens is 2. The third kappa shape index (κ3) is 4.11. The van der Waals surface area contributed by atoms with Crippen LogP contribution in [0.2, 0.25) is 0 Å². The van der Waals surface area contributed by atoms with E-state index in [1.807, 2.05) is 0 Å². The van der Waals surface area contributed by atoms with E-state index in [0.717, 1.165) is 0 Å². The molecular formula is C9H16N4O2S. The minimum absolute atomic E-state index is 0.249. The second-order valence-corrected chi connectivity index (χ2v) is 4.87. The molecule has 0 saturated heterocycles. The minimum atomic E-state index is -0.893. The second-order valence-electron chi connectivity index (χ2n) is 3.32.